The number of carbonyl (C=O) groups is 1. The zero-order valence-corrected chi connectivity index (χ0v) is 15.7. The van der Waals surface area contributed by atoms with Gasteiger partial charge in [0.05, 0.1) is 4.90 Å². The topological polar surface area (TPSA) is 66.5 Å². The van der Waals surface area contributed by atoms with Gasteiger partial charge in [0.25, 0.3) is 5.91 Å². The fraction of sp³-hybridized carbons (Fsp3) is 0.611. The monoisotopic (exact) mass is 404 g/mol. The second-order valence-electron chi connectivity index (χ2n) is 7.31. The Kier molecular flexibility index (Phi) is 5.81. The van der Waals surface area contributed by atoms with Crippen LogP contribution in [0, 0.1) is 11.8 Å². The number of amides is 1. The highest BCUT2D eigenvalue weighted by Crippen LogP contribution is 2.36. The van der Waals surface area contributed by atoms with Crippen LogP contribution in [-0.4, -0.2) is 45.0 Å². The van der Waals surface area contributed by atoms with E-state index in [1.165, 1.54) is 42.2 Å². The van der Waals surface area contributed by atoms with Gasteiger partial charge in [0.2, 0.25) is 10.0 Å². The lowest BCUT2D eigenvalue weighted by atomic mass is 9.75. The Hall–Kier alpha value is -1.61. The van der Waals surface area contributed by atoms with Crippen molar-refractivity contribution >= 4 is 15.9 Å². The summed E-state index contributed by atoms with van der Waals surface area (Å²) in [6.45, 7) is -0.362. The highest BCUT2D eigenvalue weighted by atomic mass is 32.2. The number of sulfonamides is 1. The molecule has 2 aliphatic rings. The molecule has 1 aromatic carbocycles. The largest absolute Gasteiger partial charge is 0.402 e. The third-order valence-corrected chi connectivity index (χ3v) is 6.83. The van der Waals surface area contributed by atoms with Gasteiger partial charge in [0, 0.05) is 18.7 Å². The van der Waals surface area contributed by atoms with E-state index in [4.69, 9.17) is 0 Å². The van der Waals surface area contributed by atoms with Gasteiger partial charge in [-0.2, -0.15) is 13.2 Å². The van der Waals surface area contributed by atoms with Crippen molar-refractivity contribution in [3.8, 4) is 0 Å². The molecule has 1 aromatic rings. The zero-order chi connectivity index (χ0) is 19.7. The molecule has 1 N–H and O–H groups in total. The molecular weight excluding hydrogens is 381 g/mol. The number of nitrogens with one attached hydrogen (secondary N) is 1. The van der Waals surface area contributed by atoms with Gasteiger partial charge >= 0.3 is 6.18 Å². The number of nitrogens with zero attached hydrogens (tertiary/aromatic N) is 1. The number of piperidine rings is 1. The second-order valence-corrected chi connectivity index (χ2v) is 9.08. The fourth-order valence-electron chi connectivity index (χ4n) is 4.02. The Balaban J connectivity index is 1.72. The molecule has 2 fully saturated rings. The SMILES string of the molecule is O=C(c1cccc(S(=O)(=O)NCC(F)(F)F)c1)N1CC[C@@H]2CCCC[C@@H]2C1. The molecule has 5 nitrogen and oxygen atoms in total. The lowest BCUT2D eigenvalue weighted by Crippen LogP contribution is -2.44. The van der Waals surface area contributed by atoms with Crippen molar-refractivity contribution < 1.29 is 26.4 Å². The smallest absolute Gasteiger partial charge is 0.338 e. The van der Waals surface area contributed by atoms with E-state index in [-0.39, 0.29) is 16.4 Å². The predicted molar refractivity (Wildman–Crippen MR) is 93.7 cm³/mol. The van der Waals surface area contributed by atoms with Gasteiger partial charge < -0.3 is 4.90 Å². The van der Waals surface area contributed by atoms with Gasteiger partial charge in [-0.05, 0) is 42.9 Å². The number of rotatable bonds is 4. The molecule has 1 saturated carbocycles. The normalized spacial score (nSPS) is 23.7. The molecule has 3 rings (SSSR count). The van der Waals surface area contributed by atoms with Crippen LogP contribution >= 0.6 is 0 Å². The van der Waals surface area contributed by atoms with E-state index in [9.17, 15) is 26.4 Å². The highest BCUT2D eigenvalue weighted by molar-refractivity contribution is 7.89. The van der Waals surface area contributed by atoms with Crippen LogP contribution in [-0.2, 0) is 10.0 Å². The van der Waals surface area contributed by atoms with Crippen molar-refractivity contribution in [3.63, 3.8) is 0 Å². The molecular formula is C18H23F3N2O3S. The minimum absolute atomic E-state index is 0.180. The Morgan fingerprint density at radius 3 is 2.56 bits per heavy atom. The molecule has 1 saturated heterocycles. The van der Waals surface area contributed by atoms with Crippen molar-refractivity contribution in [3.05, 3.63) is 29.8 Å². The lowest BCUT2D eigenvalue weighted by Gasteiger charge is -2.41. The van der Waals surface area contributed by atoms with Crippen molar-refractivity contribution in [1.29, 1.82) is 0 Å². The lowest BCUT2D eigenvalue weighted by molar-refractivity contribution is -0.121. The molecule has 9 heteroatoms. The third kappa shape index (κ3) is 5.01. The van der Waals surface area contributed by atoms with E-state index in [1.807, 2.05) is 0 Å². The number of hydrogen-bond acceptors (Lipinski definition) is 3. The molecule has 1 amide bonds. The number of likely N-dealkylation sites (tertiary alicyclic amines) is 1. The molecule has 2 atom stereocenters. The van der Waals surface area contributed by atoms with Gasteiger partial charge in [-0.25, -0.2) is 13.1 Å². The summed E-state index contributed by atoms with van der Waals surface area (Å²) in [7, 11) is -4.34. The van der Waals surface area contributed by atoms with E-state index >= 15 is 0 Å². The van der Waals surface area contributed by atoms with E-state index in [2.05, 4.69) is 0 Å². The Morgan fingerprint density at radius 2 is 1.85 bits per heavy atom. The first-order valence-corrected chi connectivity index (χ1v) is 10.6. The predicted octanol–water partition coefficient (Wildman–Crippen LogP) is 3.18. The van der Waals surface area contributed by atoms with Gasteiger partial charge in [0.15, 0.2) is 0 Å². The minimum Gasteiger partial charge on any atom is -0.338 e. The molecule has 0 aromatic heterocycles. The van der Waals surface area contributed by atoms with Gasteiger partial charge in [-0.15, -0.1) is 0 Å². The summed E-state index contributed by atoms with van der Waals surface area (Å²) in [5.74, 6) is 0.866. The number of halogens is 3. The average molecular weight is 404 g/mol. The number of fused-ring (bicyclic) bond motifs is 1. The van der Waals surface area contributed by atoms with Crippen LogP contribution in [0.15, 0.2) is 29.2 Å². The Labute approximate surface area is 157 Å². The zero-order valence-electron chi connectivity index (χ0n) is 14.8. The minimum atomic E-state index is -4.65. The van der Waals surface area contributed by atoms with E-state index in [0.29, 0.717) is 24.9 Å². The number of benzene rings is 1. The first-order valence-electron chi connectivity index (χ1n) is 9.11. The maximum Gasteiger partial charge on any atom is 0.402 e. The summed E-state index contributed by atoms with van der Waals surface area (Å²) < 4.78 is 62.6. The van der Waals surface area contributed by atoms with Gasteiger partial charge in [0.1, 0.15) is 6.54 Å². The fourth-order valence-corrected chi connectivity index (χ4v) is 5.08. The molecule has 27 heavy (non-hydrogen) atoms. The summed E-state index contributed by atoms with van der Waals surface area (Å²) in [4.78, 5) is 14.2. The molecule has 1 aliphatic carbocycles. The number of hydrogen-bond donors (Lipinski definition) is 1. The number of alkyl halides is 3. The van der Waals surface area contributed by atoms with Crippen molar-refractivity contribution in [2.75, 3.05) is 19.6 Å². The number of carbonyl (C=O) groups excluding carboxylic acids is 1. The van der Waals surface area contributed by atoms with E-state index in [1.54, 1.807) is 4.90 Å². The van der Waals surface area contributed by atoms with Crippen LogP contribution in [0.3, 0.4) is 0 Å². The molecule has 0 unspecified atom stereocenters. The highest BCUT2D eigenvalue weighted by Gasteiger charge is 2.34. The maximum atomic E-state index is 12.8. The molecule has 0 radical (unpaired) electrons. The van der Waals surface area contributed by atoms with Crippen molar-refractivity contribution in [2.24, 2.45) is 11.8 Å². The van der Waals surface area contributed by atoms with Crippen LogP contribution < -0.4 is 4.72 Å². The Bertz CT molecular complexity index is 795. The quantitative estimate of drug-likeness (QED) is 0.838. The van der Waals surface area contributed by atoms with Crippen molar-refractivity contribution in [2.45, 2.75) is 43.2 Å². The summed E-state index contributed by atoms with van der Waals surface area (Å²) in [5.41, 5.74) is 0.180. The van der Waals surface area contributed by atoms with Crippen molar-refractivity contribution in [1.82, 2.24) is 9.62 Å². The van der Waals surface area contributed by atoms with Crippen LogP contribution in [0.2, 0.25) is 0 Å². The van der Waals surface area contributed by atoms with Gasteiger partial charge in [-0.1, -0.05) is 25.3 Å². The van der Waals surface area contributed by atoms with E-state index < -0.39 is 22.7 Å². The Morgan fingerprint density at radius 1 is 1.15 bits per heavy atom. The second kappa shape index (κ2) is 7.79. The van der Waals surface area contributed by atoms with Gasteiger partial charge in [-0.3, -0.25) is 4.79 Å². The summed E-state index contributed by atoms with van der Waals surface area (Å²) in [6.07, 6.45) is 1.00. The molecule has 1 aliphatic heterocycles. The molecule has 1 heterocycles. The average Bonchev–Trinajstić information content (AvgIpc) is 2.65. The molecule has 0 bridgehead atoms. The first-order chi connectivity index (χ1) is 12.7. The summed E-state index contributed by atoms with van der Waals surface area (Å²) >= 11 is 0. The van der Waals surface area contributed by atoms with Crippen LogP contribution in [0.5, 0.6) is 0 Å². The maximum absolute atomic E-state index is 12.8. The van der Waals surface area contributed by atoms with Crippen LogP contribution in [0.1, 0.15) is 42.5 Å². The van der Waals surface area contributed by atoms with Crippen LogP contribution in [0.4, 0.5) is 13.2 Å². The van der Waals surface area contributed by atoms with E-state index in [0.717, 1.165) is 18.9 Å². The van der Waals surface area contributed by atoms with Crippen LogP contribution in [0.25, 0.3) is 0 Å². The first kappa shape index (κ1) is 20.1. The molecule has 0 spiro atoms. The summed E-state index contributed by atoms with van der Waals surface area (Å²) in [6, 6.07) is 5.21. The third-order valence-electron chi connectivity index (χ3n) is 5.43. The standard InChI is InChI=1S/C18H23F3N2O3S/c19-18(20,21)12-22-27(25,26)16-7-3-6-14(10-16)17(24)23-9-8-13-4-1-2-5-15(13)11-23/h3,6-7,10,13,15,22H,1-2,4-5,8-9,11-12H2/t13-,15+/m0/s1. The summed E-state index contributed by atoms with van der Waals surface area (Å²) in [5, 5.41) is 0. The molecule has 150 valence electrons.